The molecule has 0 saturated carbocycles. The lowest BCUT2D eigenvalue weighted by Gasteiger charge is -2.26. The number of aromatic nitrogens is 1. The Bertz CT molecular complexity index is 1550. The Morgan fingerprint density at radius 2 is 1.89 bits per heavy atom. The lowest BCUT2D eigenvalue weighted by atomic mass is 9.95. The average Bonchev–Trinajstić information content (AvgIpc) is 3.19. The van der Waals surface area contributed by atoms with Gasteiger partial charge in [-0.05, 0) is 56.7 Å². The van der Waals surface area contributed by atoms with Crippen LogP contribution in [0.25, 0.3) is 6.08 Å². The van der Waals surface area contributed by atoms with Crippen LogP contribution in [0.4, 0.5) is 0 Å². The molecule has 0 spiro atoms. The molecular formula is C27H28N2O7S. The minimum absolute atomic E-state index is 0.0155. The smallest absolute Gasteiger partial charge is 0.338 e. The number of thiazole rings is 1. The van der Waals surface area contributed by atoms with Crippen LogP contribution in [0.3, 0.4) is 0 Å². The number of hydrogen-bond donors (Lipinski definition) is 1. The Labute approximate surface area is 217 Å². The van der Waals surface area contributed by atoms with Crippen molar-refractivity contribution in [3.63, 3.8) is 0 Å². The van der Waals surface area contributed by atoms with Crippen molar-refractivity contribution in [1.29, 1.82) is 0 Å². The van der Waals surface area contributed by atoms with Crippen LogP contribution >= 0.6 is 11.3 Å². The van der Waals surface area contributed by atoms with E-state index in [2.05, 4.69) is 4.99 Å². The largest absolute Gasteiger partial charge is 0.504 e. The van der Waals surface area contributed by atoms with Gasteiger partial charge in [0.25, 0.3) is 5.56 Å². The number of phenolic OH excluding ortho intramolecular Hbond substituents is 1. The number of esters is 1. The van der Waals surface area contributed by atoms with E-state index in [0.29, 0.717) is 50.0 Å². The van der Waals surface area contributed by atoms with Crippen LogP contribution < -0.4 is 29.1 Å². The van der Waals surface area contributed by atoms with Gasteiger partial charge in [0.05, 0.1) is 43.2 Å². The molecule has 1 aliphatic rings. The molecule has 194 valence electrons. The van der Waals surface area contributed by atoms with Crippen LogP contribution in [-0.4, -0.2) is 43.1 Å². The maximum Gasteiger partial charge on any atom is 0.338 e. The second-order valence-electron chi connectivity index (χ2n) is 8.07. The van der Waals surface area contributed by atoms with Gasteiger partial charge in [-0.3, -0.25) is 9.36 Å². The third-order valence-corrected chi connectivity index (χ3v) is 6.82. The Morgan fingerprint density at radius 1 is 1.11 bits per heavy atom. The first-order valence-electron chi connectivity index (χ1n) is 11.7. The summed E-state index contributed by atoms with van der Waals surface area (Å²) in [5, 5.41) is 10.0. The molecular weight excluding hydrogens is 496 g/mol. The minimum Gasteiger partial charge on any atom is -0.504 e. The van der Waals surface area contributed by atoms with Crippen molar-refractivity contribution in [3.8, 4) is 23.0 Å². The maximum atomic E-state index is 13.8. The zero-order valence-corrected chi connectivity index (χ0v) is 22.0. The summed E-state index contributed by atoms with van der Waals surface area (Å²) >= 11 is 1.20. The first kappa shape index (κ1) is 26.0. The highest BCUT2D eigenvalue weighted by Crippen LogP contribution is 2.37. The third kappa shape index (κ3) is 4.97. The van der Waals surface area contributed by atoms with Crippen LogP contribution in [0, 0.1) is 0 Å². The molecule has 0 aliphatic carbocycles. The number of fused-ring (bicyclic) bond motifs is 1. The van der Waals surface area contributed by atoms with Crippen molar-refractivity contribution in [2.24, 2.45) is 4.99 Å². The second kappa shape index (κ2) is 10.9. The number of carbonyl (C=O) groups is 1. The van der Waals surface area contributed by atoms with Crippen LogP contribution in [0.2, 0.25) is 0 Å². The fourth-order valence-electron chi connectivity index (χ4n) is 4.17. The van der Waals surface area contributed by atoms with E-state index in [-0.39, 0.29) is 23.5 Å². The molecule has 1 atom stereocenters. The molecule has 0 radical (unpaired) electrons. The van der Waals surface area contributed by atoms with E-state index in [0.717, 1.165) is 0 Å². The number of hydrogen-bond acceptors (Lipinski definition) is 9. The lowest BCUT2D eigenvalue weighted by molar-refractivity contribution is -0.139. The summed E-state index contributed by atoms with van der Waals surface area (Å²) in [5.74, 6) is 0.812. The van der Waals surface area contributed by atoms with Gasteiger partial charge in [0, 0.05) is 11.6 Å². The van der Waals surface area contributed by atoms with Gasteiger partial charge in [-0.15, -0.1) is 0 Å². The number of allylic oxidation sites excluding steroid dienone is 1. The van der Waals surface area contributed by atoms with Crippen LogP contribution in [0.15, 0.2) is 57.5 Å². The summed E-state index contributed by atoms with van der Waals surface area (Å²) in [6.07, 6.45) is 1.71. The normalized spacial score (nSPS) is 15.2. The summed E-state index contributed by atoms with van der Waals surface area (Å²) < 4.78 is 23.7. The van der Waals surface area contributed by atoms with Gasteiger partial charge in [-0.25, -0.2) is 9.79 Å². The quantitative estimate of drug-likeness (QED) is 0.452. The fraction of sp³-hybridized carbons (Fsp3) is 0.296. The van der Waals surface area contributed by atoms with E-state index in [1.165, 1.54) is 29.1 Å². The minimum atomic E-state index is -0.822. The van der Waals surface area contributed by atoms with Crippen LogP contribution in [0.5, 0.6) is 23.0 Å². The molecule has 3 aromatic rings. The summed E-state index contributed by atoms with van der Waals surface area (Å²) in [6, 6.07) is 9.27. The van der Waals surface area contributed by atoms with E-state index >= 15 is 0 Å². The monoisotopic (exact) mass is 524 g/mol. The van der Waals surface area contributed by atoms with Gasteiger partial charge in [0.1, 0.15) is 17.5 Å². The number of aromatic hydroxyl groups is 1. The first-order valence-corrected chi connectivity index (χ1v) is 12.5. The van der Waals surface area contributed by atoms with Gasteiger partial charge in [-0.2, -0.15) is 0 Å². The molecule has 0 unspecified atom stereocenters. The van der Waals surface area contributed by atoms with Gasteiger partial charge >= 0.3 is 5.97 Å². The molecule has 0 saturated heterocycles. The lowest BCUT2D eigenvalue weighted by Crippen LogP contribution is -2.40. The summed E-state index contributed by atoms with van der Waals surface area (Å²) in [4.78, 5) is 31.9. The van der Waals surface area contributed by atoms with Crippen molar-refractivity contribution in [1.82, 2.24) is 4.57 Å². The predicted molar refractivity (Wildman–Crippen MR) is 139 cm³/mol. The van der Waals surface area contributed by atoms with Gasteiger partial charge in [0.15, 0.2) is 16.3 Å². The zero-order valence-electron chi connectivity index (χ0n) is 21.2. The zero-order chi connectivity index (χ0) is 26.7. The SMILES string of the molecule is CCOC(=O)C1=C(C)N=c2s/c(=C/c3ccc(O)c(OCC)c3)c(=O)n2[C@@H]1c1ccc(OC)cc1OC. The summed E-state index contributed by atoms with van der Waals surface area (Å²) in [7, 11) is 3.06. The van der Waals surface area contributed by atoms with E-state index < -0.39 is 12.0 Å². The maximum absolute atomic E-state index is 13.8. The molecule has 2 aromatic carbocycles. The Balaban J connectivity index is 1.96. The first-order chi connectivity index (χ1) is 17.8. The molecule has 1 N–H and O–H groups in total. The Morgan fingerprint density at radius 3 is 2.57 bits per heavy atom. The topological polar surface area (TPSA) is 109 Å². The molecule has 10 heteroatoms. The second-order valence-corrected chi connectivity index (χ2v) is 9.08. The van der Waals surface area contributed by atoms with Crippen molar-refractivity contribution in [2.45, 2.75) is 26.8 Å². The van der Waals surface area contributed by atoms with Crippen molar-refractivity contribution in [3.05, 3.63) is 78.5 Å². The number of methoxy groups -OCH3 is 2. The number of phenols is 1. The molecule has 1 aromatic heterocycles. The highest BCUT2D eigenvalue weighted by atomic mass is 32.1. The molecule has 2 heterocycles. The fourth-order valence-corrected chi connectivity index (χ4v) is 5.22. The van der Waals surface area contributed by atoms with Gasteiger partial charge in [-0.1, -0.05) is 17.4 Å². The van der Waals surface area contributed by atoms with Gasteiger partial charge in [0.2, 0.25) is 0 Å². The van der Waals surface area contributed by atoms with Crippen molar-refractivity contribution >= 4 is 23.4 Å². The molecule has 0 bridgehead atoms. The molecule has 37 heavy (non-hydrogen) atoms. The molecule has 4 rings (SSSR count). The number of benzene rings is 2. The summed E-state index contributed by atoms with van der Waals surface area (Å²) in [5.41, 5.74) is 1.65. The van der Waals surface area contributed by atoms with Gasteiger partial charge < -0.3 is 24.1 Å². The van der Waals surface area contributed by atoms with Crippen molar-refractivity contribution < 1.29 is 28.8 Å². The number of carbonyl (C=O) groups excluding carboxylic acids is 1. The van der Waals surface area contributed by atoms with E-state index in [9.17, 15) is 14.7 Å². The molecule has 0 fully saturated rings. The highest BCUT2D eigenvalue weighted by molar-refractivity contribution is 7.07. The number of ether oxygens (including phenoxy) is 4. The highest BCUT2D eigenvalue weighted by Gasteiger charge is 2.35. The number of nitrogens with zero attached hydrogens (tertiary/aromatic N) is 2. The third-order valence-electron chi connectivity index (χ3n) is 5.83. The predicted octanol–water partition coefficient (Wildman–Crippen LogP) is 2.92. The van der Waals surface area contributed by atoms with Crippen molar-refractivity contribution in [2.75, 3.05) is 27.4 Å². The number of rotatable bonds is 8. The van der Waals surface area contributed by atoms with E-state index in [1.54, 1.807) is 57.4 Å². The average molecular weight is 525 g/mol. The van der Waals surface area contributed by atoms with Crippen LogP contribution in [0.1, 0.15) is 37.9 Å². The Kier molecular flexibility index (Phi) is 7.68. The molecule has 9 nitrogen and oxygen atoms in total. The Hall–Kier alpha value is -4.05. The molecule has 1 aliphatic heterocycles. The molecule has 0 amide bonds. The van der Waals surface area contributed by atoms with Crippen LogP contribution in [-0.2, 0) is 9.53 Å². The van der Waals surface area contributed by atoms with E-state index in [1.807, 2.05) is 6.92 Å². The standard InChI is InChI=1S/C27H28N2O7S/c1-6-35-21-12-16(8-11-19(21)30)13-22-25(31)29-24(18-10-9-17(33-4)14-20(18)34-5)23(26(32)36-7-2)15(3)28-27(29)37-22/h8-14,24,30H,6-7H2,1-5H3/b22-13+/t24-/m1/s1. The van der Waals surface area contributed by atoms with E-state index in [4.69, 9.17) is 18.9 Å². The summed E-state index contributed by atoms with van der Waals surface area (Å²) in [6.45, 7) is 5.83.